The minimum Gasteiger partial charge on any atom is -0.322 e. The van der Waals surface area contributed by atoms with E-state index in [4.69, 9.17) is 0 Å². The van der Waals surface area contributed by atoms with Crippen molar-refractivity contribution in [2.45, 2.75) is 6.92 Å². The van der Waals surface area contributed by atoms with E-state index in [1.54, 1.807) is 24.3 Å². The fraction of sp³-hybridized carbons (Fsp3) is 0.0476. The predicted molar refractivity (Wildman–Crippen MR) is 99.9 cm³/mol. The van der Waals surface area contributed by atoms with Crippen LogP contribution in [0.4, 0.5) is 20.2 Å². The highest BCUT2D eigenvalue weighted by Crippen LogP contribution is 2.20. The second-order valence-corrected chi connectivity index (χ2v) is 5.95. The number of para-hydroxylation sites is 1. The maximum absolute atomic E-state index is 13.8. The van der Waals surface area contributed by atoms with Crippen molar-refractivity contribution in [3.63, 3.8) is 0 Å². The number of benzene rings is 3. The summed E-state index contributed by atoms with van der Waals surface area (Å²) in [6.45, 7) is 1.90. The van der Waals surface area contributed by atoms with Gasteiger partial charge in [0.05, 0.1) is 16.8 Å². The smallest absolute Gasteiger partial charge is 0.258 e. The van der Waals surface area contributed by atoms with Crippen LogP contribution in [0.5, 0.6) is 0 Å². The molecule has 0 aliphatic heterocycles. The van der Waals surface area contributed by atoms with Gasteiger partial charge in [0.1, 0.15) is 11.6 Å². The van der Waals surface area contributed by atoms with Crippen LogP contribution < -0.4 is 10.6 Å². The summed E-state index contributed by atoms with van der Waals surface area (Å²) in [5.74, 6) is -2.86. The molecule has 4 nitrogen and oxygen atoms in total. The molecule has 3 aromatic rings. The van der Waals surface area contributed by atoms with Gasteiger partial charge in [0.15, 0.2) is 0 Å². The second-order valence-electron chi connectivity index (χ2n) is 5.95. The molecule has 27 heavy (non-hydrogen) atoms. The van der Waals surface area contributed by atoms with E-state index >= 15 is 0 Å². The Morgan fingerprint density at radius 1 is 0.778 bits per heavy atom. The number of carbonyl (C=O) groups excluding carboxylic acids is 2. The van der Waals surface area contributed by atoms with Crippen molar-refractivity contribution < 1.29 is 18.4 Å². The monoisotopic (exact) mass is 366 g/mol. The lowest BCUT2D eigenvalue weighted by Gasteiger charge is -2.12. The van der Waals surface area contributed by atoms with Crippen molar-refractivity contribution in [2.24, 2.45) is 0 Å². The van der Waals surface area contributed by atoms with Gasteiger partial charge < -0.3 is 10.6 Å². The molecule has 3 aromatic carbocycles. The number of anilines is 2. The van der Waals surface area contributed by atoms with Crippen molar-refractivity contribution in [1.82, 2.24) is 0 Å². The van der Waals surface area contributed by atoms with E-state index in [-0.39, 0.29) is 11.3 Å². The fourth-order valence-corrected chi connectivity index (χ4v) is 2.57. The molecule has 0 aliphatic carbocycles. The molecule has 0 aromatic heterocycles. The SMILES string of the molecule is Cc1cccc(NC(=O)c2ccccc2NC(=O)c2cc(F)ccc2F)c1. The summed E-state index contributed by atoms with van der Waals surface area (Å²) in [6, 6.07) is 16.2. The van der Waals surface area contributed by atoms with E-state index in [0.717, 1.165) is 23.8 Å². The molecule has 0 unspecified atom stereocenters. The van der Waals surface area contributed by atoms with Crippen LogP contribution >= 0.6 is 0 Å². The third-order valence-electron chi connectivity index (χ3n) is 3.87. The molecule has 136 valence electrons. The summed E-state index contributed by atoms with van der Waals surface area (Å²) in [4.78, 5) is 24.9. The molecule has 3 rings (SSSR count). The maximum Gasteiger partial charge on any atom is 0.258 e. The molecule has 0 saturated carbocycles. The lowest BCUT2D eigenvalue weighted by molar-refractivity contribution is 0.102. The maximum atomic E-state index is 13.8. The molecule has 2 N–H and O–H groups in total. The number of aryl methyl sites for hydroxylation is 1. The topological polar surface area (TPSA) is 58.2 Å². The highest BCUT2D eigenvalue weighted by molar-refractivity contribution is 6.12. The standard InChI is InChI=1S/C21H16F2N2O2/c1-13-5-4-6-15(11-13)24-20(26)16-7-2-3-8-19(16)25-21(27)17-12-14(22)9-10-18(17)23/h2-12H,1H3,(H,24,26)(H,25,27). The minimum atomic E-state index is -0.851. The molecule has 0 heterocycles. The van der Waals surface area contributed by atoms with Crippen LogP contribution in [0.3, 0.4) is 0 Å². The quantitative estimate of drug-likeness (QED) is 0.698. The second kappa shape index (κ2) is 7.78. The first-order valence-electron chi connectivity index (χ1n) is 8.17. The number of amides is 2. The summed E-state index contributed by atoms with van der Waals surface area (Å²) in [7, 11) is 0. The fourth-order valence-electron chi connectivity index (χ4n) is 2.57. The molecular weight excluding hydrogens is 350 g/mol. The van der Waals surface area contributed by atoms with E-state index < -0.39 is 29.0 Å². The van der Waals surface area contributed by atoms with E-state index in [2.05, 4.69) is 10.6 Å². The zero-order valence-corrected chi connectivity index (χ0v) is 14.4. The number of rotatable bonds is 4. The Balaban J connectivity index is 1.84. The third kappa shape index (κ3) is 4.36. The van der Waals surface area contributed by atoms with Crippen LogP contribution in [0.2, 0.25) is 0 Å². The first-order valence-corrected chi connectivity index (χ1v) is 8.17. The van der Waals surface area contributed by atoms with Gasteiger partial charge in [0.2, 0.25) is 0 Å². The zero-order chi connectivity index (χ0) is 19.4. The van der Waals surface area contributed by atoms with Gasteiger partial charge in [-0.2, -0.15) is 0 Å². The van der Waals surface area contributed by atoms with E-state index in [0.29, 0.717) is 5.69 Å². The molecule has 0 spiro atoms. The minimum absolute atomic E-state index is 0.191. The lowest BCUT2D eigenvalue weighted by atomic mass is 10.1. The van der Waals surface area contributed by atoms with Gasteiger partial charge in [-0.25, -0.2) is 8.78 Å². The van der Waals surface area contributed by atoms with Crippen LogP contribution in [0.15, 0.2) is 66.7 Å². The molecule has 0 fully saturated rings. The van der Waals surface area contributed by atoms with Crippen molar-refractivity contribution in [1.29, 1.82) is 0 Å². The third-order valence-corrected chi connectivity index (χ3v) is 3.87. The Labute approximate surface area is 154 Å². The van der Waals surface area contributed by atoms with Crippen molar-refractivity contribution in [3.8, 4) is 0 Å². The molecule has 0 radical (unpaired) electrons. The summed E-state index contributed by atoms with van der Waals surface area (Å²) in [5.41, 5.74) is 1.54. The Hall–Kier alpha value is -3.54. The first kappa shape index (κ1) is 18.3. The van der Waals surface area contributed by atoms with Gasteiger partial charge >= 0.3 is 0 Å². The number of carbonyl (C=O) groups is 2. The average Bonchev–Trinajstić information content (AvgIpc) is 2.64. The molecule has 2 amide bonds. The molecule has 0 aliphatic rings. The Morgan fingerprint density at radius 2 is 1.52 bits per heavy atom. The largest absolute Gasteiger partial charge is 0.322 e. The van der Waals surface area contributed by atoms with Gasteiger partial charge in [-0.05, 0) is 55.0 Å². The zero-order valence-electron chi connectivity index (χ0n) is 14.4. The summed E-state index contributed by atoms with van der Waals surface area (Å²) < 4.78 is 27.1. The highest BCUT2D eigenvalue weighted by atomic mass is 19.1. The van der Waals surface area contributed by atoms with Gasteiger partial charge in [-0.15, -0.1) is 0 Å². The molecule has 0 bridgehead atoms. The number of nitrogens with one attached hydrogen (secondary N) is 2. The Bertz CT molecular complexity index is 1020. The van der Waals surface area contributed by atoms with Crippen LogP contribution in [-0.2, 0) is 0 Å². The summed E-state index contributed by atoms with van der Waals surface area (Å²) in [6.07, 6.45) is 0. The first-order chi connectivity index (χ1) is 12.9. The predicted octanol–water partition coefficient (Wildman–Crippen LogP) is 4.78. The van der Waals surface area contributed by atoms with Gasteiger partial charge in [0.25, 0.3) is 11.8 Å². The van der Waals surface area contributed by atoms with Crippen LogP contribution in [0.25, 0.3) is 0 Å². The van der Waals surface area contributed by atoms with Gasteiger partial charge in [-0.1, -0.05) is 24.3 Å². The van der Waals surface area contributed by atoms with Crippen molar-refractivity contribution >= 4 is 23.2 Å². The summed E-state index contributed by atoms with van der Waals surface area (Å²) >= 11 is 0. The number of hydrogen-bond acceptors (Lipinski definition) is 2. The van der Waals surface area contributed by atoms with E-state index in [1.807, 2.05) is 19.1 Å². The van der Waals surface area contributed by atoms with Crippen LogP contribution in [0, 0.1) is 18.6 Å². The molecule has 0 saturated heterocycles. The molecular formula is C21H16F2N2O2. The normalized spacial score (nSPS) is 10.3. The highest BCUT2D eigenvalue weighted by Gasteiger charge is 2.17. The Kier molecular flexibility index (Phi) is 5.26. The van der Waals surface area contributed by atoms with Crippen LogP contribution in [-0.4, -0.2) is 11.8 Å². The summed E-state index contributed by atoms with van der Waals surface area (Å²) in [5, 5.41) is 5.22. The molecule has 6 heteroatoms. The lowest BCUT2D eigenvalue weighted by Crippen LogP contribution is -2.19. The number of hydrogen-bond donors (Lipinski definition) is 2. The van der Waals surface area contributed by atoms with Gasteiger partial charge in [-0.3, -0.25) is 9.59 Å². The van der Waals surface area contributed by atoms with Crippen molar-refractivity contribution in [2.75, 3.05) is 10.6 Å². The van der Waals surface area contributed by atoms with Gasteiger partial charge in [0, 0.05) is 5.69 Å². The van der Waals surface area contributed by atoms with Crippen LogP contribution in [0.1, 0.15) is 26.3 Å². The van der Waals surface area contributed by atoms with E-state index in [1.165, 1.54) is 12.1 Å². The average molecular weight is 366 g/mol. The number of halogens is 2. The van der Waals surface area contributed by atoms with Crippen molar-refractivity contribution in [3.05, 3.63) is 95.1 Å². The Morgan fingerprint density at radius 3 is 2.30 bits per heavy atom. The molecule has 0 atom stereocenters. The van der Waals surface area contributed by atoms with E-state index in [9.17, 15) is 18.4 Å².